The van der Waals surface area contributed by atoms with Gasteiger partial charge >= 0.3 is 0 Å². The fourth-order valence-corrected chi connectivity index (χ4v) is 2.47. The summed E-state index contributed by atoms with van der Waals surface area (Å²) >= 11 is 0. The summed E-state index contributed by atoms with van der Waals surface area (Å²) in [5, 5.41) is 5.60. The summed E-state index contributed by atoms with van der Waals surface area (Å²) in [5.74, 6) is -1.87. The number of benzene rings is 1. The third-order valence-electron chi connectivity index (χ3n) is 3.51. The smallest absolute Gasteiger partial charge is 0.240 e. The maximum absolute atomic E-state index is 13.2. The van der Waals surface area contributed by atoms with Gasteiger partial charge < -0.3 is 15.5 Å². The molecule has 1 aliphatic rings. The van der Waals surface area contributed by atoms with Crippen molar-refractivity contribution in [2.75, 3.05) is 19.6 Å². The van der Waals surface area contributed by atoms with E-state index in [1.54, 1.807) is 6.08 Å². The van der Waals surface area contributed by atoms with Crippen molar-refractivity contribution >= 4 is 11.8 Å². The number of carbonyl (C=O) groups excluding carboxylic acids is 2. The molecule has 1 atom stereocenters. The topological polar surface area (TPSA) is 61.4 Å². The molecule has 1 fully saturated rings. The molecule has 5 nitrogen and oxygen atoms in total. The molecule has 1 aromatic carbocycles. The molecule has 23 heavy (non-hydrogen) atoms. The zero-order chi connectivity index (χ0) is 16.8. The van der Waals surface area contributed by atoms with Gasteiger partial charge in [-0.25, -0.2) is 8.78 Å². The van der Waals surface area contributed by atoms with Crippen LogP contribution in [0.5, 0.6) is 0 Å². The van der Waals surface area contributed by atoms with Crippen molar-refractivity contribution < 1.29 is 18.4 Å². The summed E-state index contributed by atoms with van der Waals surface area (Å²) in [6.45, 7) is 4.89. The van der Waals surface area contributed by atoms with Crippen molar-refractivity contribution in [3.05, 3.63) is 48.1 Å². The van der Waals surface area contributed by atoms with Gasteiger partial charge in [-0.1, -0.05) is 6.08 Å². The highest BCUT2D eigenvalue weighted by Gasteiger charge is 2.30. The van der Waals surface area contributed by atoms with Crippen LogP contribution in [0.2, 0.25) is 0 Å². The first-order valence-electron chi connectivity index (χ1n) is 7.34. The number of halogens is 2. The van der Waals surface area contributed by atoms with Gasteiger partial charge in [-0.3, -0.25) is 9.59 Å². The first kappa shape index (κ1) is 17.1. The molecule has 2 rings (SSSR count). The number of hydrogen-bond donors (Lipinski definition) is 2. The number of rotatable bonds is 6. The van der Waals surface area contributed by atoms with Crippen LogP contribution in [-0.2, 0) is 16.1 Å². The van der Waals surface area contributed by atoms with E-state index in [0.29, 0.717) is 25.2 Å². The van der Waals surface area contributed by atoms with Gasteiger partial charge in [0, 0.05) is 32.2 Å². The molecule has 1 unspecified atom stereocenters. The van der Waals surface area contributed by atoms with Crippen LogP contribution in [0.3, 0.4) is 0 Å². The Morgan fingerprint density at radius 2 is 2.09 bits per heavy atom. The van der Waals surface area contributed by atoms with E-state index < -0.39 is 17.7 Å². The molecule has 7 heteroatoms. The standard InChI is InChI=1S/C16H19F2N3O2/c1-2-3-20-15(22)9-14-16(23)21(5-4-19-14)10-11-6-12(17)8-13(18)7-11/h2,6-8,14,19H,1,3-5,9-10H2,(H,20,22). The van der Waals surface area contributed by atoms with Gasteiger partial charge in [0.2, 0.25) is 11.8 Å². The summed E-state index contributed by atoms with van der Waals surface area (Å²) in [5.41, 5.74) is 0.382. The van der Waals surface area contributed by atoms with Crippen molar-refractivity contribution in [3.63, 3.8) is 0 Å². The van der Waals surface area contributed by atoms with E-state index in [9.17, 15) is 18.4 Å². The normalized spacial score (nSPS) is 17.9. The first-order valence-corrected chi connectivity index (χ1v) is 7.34. The van der Waals surface area contributed by atoms with E-state index in [-0.39, 0.29) is 24.8 Å². The molecule has 2 amide bonds. The number of hydrogen-bond acceptors (Lipinski definition) is 3. The predicted octanol–water partition coefficient (Wildman–Crippen LogP) is 0.957. The molecular weight excluding hydrogens is 304 g/mol. The molecular formula is C16H19F2N3O2. The maximum atomic E-state index is 13.2. The highest BCUT2D eigenvalue weighted by Crippen LogP contribution is 2.13. The number of amides is 2. The fourth-order valence-electron chi connectivity index (χ4n) is 2.47. The largest absolute Gasteiger partial charge is 0.353 e. The van der Waals surface area contributed by atoms with E-state index >= 15 is 0 Å². The molecule has 1 saturated heterocycles. The van der Waals surface area contributed by atoms with Gasteiger partial charge in [0.15, 0.2) is 0 Å². The predicted molar refractivity (Wildman–Crippen MR) is 81.4 cm³/mol. The maximum Gasteiger partial charge on any atom is 0.240 e. The SMILES string of the molecule is C=CCNC(=O)CC1NCCN(Cc2cc(F)cc(F)c2)C1=O. The Balaban J connectivity index is 1.98. The second-order valence-corrected chi connectivity index (χ2v) is 5.34. The van der Waals surface area contributed by atoms with Gasteiger partial charge in [-0.15, -0.1) is 6.58 Å². The van der Waals surface area contributed by atoms with Crippen LogP contribution < -0.4 is 10.6 Å². The highest BCUT2D eigenvalue weighted by atomic mass is 19.1. The fraction of sp³-hybridized carbons (Fsp3) is 0.375. The monoisotopic (exact) mass is 323 g/mol. The van der Waals surface area contributed by atoms with Crippen LogP contribution in [0.4, 0.5) is 8.78 Å². The zero-order valence-corrected chi connectivity index (χ0v) is 12.6. The minimum atomic E-state index is -0.678. The van der Waals surface area contributed by atoms with Gasteiger partial charge in [-0.2, -0.15) is 0 Å². The molecule has 0 aromatic heterocycles. The Hall–Kier alpha value is -2.28. The van der Waals surface area contributed by atoms with E-state index in [4.69, 9.17) is 0 Å². The van der Waals surface area contributed by atoms with Crippen molar-refractivity contribution in [1.82, 2.24) is 15.5 Å². The van der Waals surface area contributed by atoms with Crippen LogP contribution in [0.25, 0.3) is 0 Å². The number of nitrogens with one attached hydrogen (secondary N) is 2. The second kappa shape index (κ2) is 7.82. The molecule has 0 spiro atoms. The lowest BCUT2D eigenvalue weighted by atomic mass is 10.1. The summed E-state index contributed by atoms with van der Waals surface area (Å²) in [6, 6.07) is 2.55. The van der Waals surface area contributed by atoms with Crippen LogP contribution in [-0.4, -0.2) is 42.4 Å². The van der Waals surface area contributed by atoms with Gasteiger partial charge in [0.25, 0.3) is 0 Å². The molecule has 1 aromatic rings. The van der Waals surface area contributed by atoms with Crippen LogP contribution in [0, 0.1) is 11.6 Å². The molecule has 0 aliphatic carbocycles. The Morgan fingerprint density at radius 1 is 1.39 bits per heavy atom. The molecule has 1 heterocycles. The number of carbonyl (C=O) groups is 2. The number of nitrogens with zero attached hydrogens (tertiary/aromatic N) is 1. The minimum absolute atomic E-state index is 0.0146. The van der Waals surface area contributed by atoms with Crippen LogP contribution in [0.15, 0.2) is 30.9 Å². The van der Waals surface area contributed by atoms with Crippen LogP contribution in [0.1, 0.15) is 12.0 Å². The average Bonchev–Trinajstić information content (AvgIpc) is 2.48. The molecule has 0 bridgehead atoms. The van der Waals surface area contributed by atoms with E-state index in [2.05, 4.69) is 17.2 Å². The lowest BCUT2D eigenvalue weighted by Gasteiger charge is -2.33. The van der Waals surface area contributed by atoms with Crippen molar-refractivity contribution in [3.8, 4) is 0 Å². The van der Waals surface area contributed by atoms with E-state index in [1.807, 2.05) is 0 Å². The van der Waals surface area contributed by atoms with Crippen molar-refractivity contribution in [1.29, 1.82) is 0 Å². The van der Waals surface area contributed by atoms with E-state index in [0.717, 1.165) is 6.07 Å². The summed E-state index contributed by atoms with van der Waals surface area (Å²) in [4.78, 5) is 25.6. The van der Waals surface area contributed by atoms with Gasteiger partial charge in [0.05, 0.1) is 12.5 Å². The summed E-state index contributed by atoms with van der Waals surface area (Å²) in [7, 11) is 0. The lowest BCUT2D eigenvalue weighted by Crippen LogP contribution is -2.55. The Labute approximate surface area is 133 Å². The Bertz CT molecular complexity index is 587. The second-order valence-electron chi connectivity index (χ2n) is 5.34. The minimum Gasteiger partial charge on any atom is -0.353 e. The quantitative estimate of drug-likeness (QED) is 0.767. The lowest BCUT2D eigenvalue weighted by molar-refractivity contribution is -0.138. The zero-order valence-electron chi connectivity index (χ0n) is 12.6. The van der Waals surface area contributed by atoms with Gasteiger partial charge in [0.1, 0.15) is 11.6 Å². The van der Waals surface area contributed by atoms with Crippen LogP contribution >= 0.6 is 0 Å². The third kappa shape index (κ3) is 4.85. The third-order valence-corrected chi connectivity index (χ3v) is 3.51. The molecule has 124 valence electrons. The first-order chi connectivity index (χ1) is 11.0. The molecule has 0 radical (unpaired) electrons. The summed E-state index contributed by atoms with van der Waals surface area (Å²) in [6.07, 6.45) is 1.57. The van der Waals surface area contributed by atoms with Crippen molar-refractivity contribution in [2.45, 2.75) is 19.0 Å². The average molecular weight is 323 g/mol. The van der Waals surface area contributed by atoms with E-state index in [1.165, 1.54) is 17.0 Å². The van der Waals surface area contributed by atoms with Crippen molar-refractivity contribution in [2.24, 2.45) is 0 Å². The molecule has 2 N–H and O–H groups in total. The molecule has 0 saturated carbocycles. The number of piperazine rings is 1. The highest BCUT2D eigenvalue weighted by molar-refractivity contribution is 5.88. The summed E-state index contributed by atoms with van der Waals surface area (Å²) < 4.78 is 26.5. The van der Waals surface area contributed by atoms with Gasteiger partial charge in [-0.05, 0) is 17.7 Å². The Kier molecular flexibility index (Phi) is 5.81. The Morgan fingerprint density at radius 3 is 2.74 bits per heavy atom. The molecule has 1 aliphatic heterocycles.